The first-order valence-electron chi connectivity index (χ1n) is 12.6. The Bertz CT molecular complexity index is 804. The summed E-state index contributed by atoms with van der Waals surface area (Å²) in [6.45, 7) is 14.5. The molecule has 2 bridgehead atoms. The number of carbonyl (C=O) groups is 3. The zero-order valence-electron chi connectivity index (χ0n) is 20.8. The first kappa shape index (κ1) is 26.8. The molecule has 3 fully saturated rings. The van der Waals surface area contributed by atoms with E-state index < -0.39 is 28.7 Å². The number of likely N-dealkylation sites (tertiary alicyclic amines) is 1. The zero-order chi connectivity index (χ0) is 25.0. The standard InChI is InChI=1S/C26H40N2O5S/c1-6-9-11-14-33-25(32)20-19-15-17(4)26(34-19)21(20)23(30)28(18(5)16-29)22(26)24(31)27(12-8-3)13-10-7-2/h6,8,17-22,29H,1,3,7,9-16H2,2,4-5H3/t17?,18-,19+,20-,21+,22?,26?/m1/s1. The van der Waals surface area contributed by atoms with Gasteiger partial charge in [0, 0.05) is 18.3 Å². The van der Waals surface area contributed by atoms with Gasteiger partial charge in [0.25, 0.3) is 0 Å². The second-order valence-electron chi connectivity index (χ2n) is 9.85. The summed E-state index contributed by atoms with van der Waals surface area (Å²) in [5.74, 6) is -1.74. The lowest BCUT2D eigenvalue weighted by Gasteiger charge is -2.41. The maximum absolute atomic E-state index is 14.1. The van der Waals surface area contributed by atoms with Crippen LogP contribution in [-0.2, 0) is 19.1 Å². The van der Waals surface area contributed by atoms with Crippen LogP contribution in [0.15, 0.2) is 25.3 Å². The van der Waals surface area contributed by atoms with E-state index in [1.807, 2.05) is 0 Å². The molecule has 0 radical (unpaired) electrons. The Labute approximate surface area is 208 Å². The predicted octanol–water partition coefficient (Wildman–Crippen LogP) is 3.03. The molecule has 1 N–H and O–H groups in total. The van der Waals surface area contributed by atoms with Crippen LogP contribution in [0.2, 0.25) is 0 Å². The fourth-order valence-electron chi connectivity index (χ4n) is 6.04. The number of nitrogens with zero attached hydrogens (tertiary/aromatic N) is 2. The number of rotatable bonds is 13. The number of ether oxygens (including phenoxy) is 1. The van der Waals surface area contributed by atoms with Crippen molar-refractivity contribution < 1.29 is 24.2 Å². The molecular formula is C26H40N2O5S. The summed E-state index contributed by atoms with van der Waals surface area (Å²) in [4.78, 5) is 44.5. The molecule has 0 aromatic carbocycles. The van der Waals surface area contributed by atoms with E-state index in [0.29, 0.717) is 26.1 Å². The average Bonchev–Trinajstić information content (AvgIpc) is 3.42. The predicted molar refractivity (Wildman–Crippen MR) is 134 cm³/mol. The van der Waals surface area contributed by atoms with Gasteiger partial charge in [-0.3, -0.25) is 14.4 Å². The summed E-state index contributed by atoms with van der Waals surface area (Å²) in [5, 5.41) is 9.95. The maximum Gasteiger partial charge on any atom is 0.310 e. The Morgan fingerprint density at radius 1 is 1.35 bits per heavy atom. The molecule has 0 aromatic heterocycles. The Balaban J connectivity index is 1.98. The molecule has 8 heteroatoms. The minimum atomic E-state index is -0.715. The van der Waals surface area contributed by atoms with E-state index in [4.69, 9.17) is 4.74 Å². The van der Waals surface area contributed by atoms with Gasteiger partial charge in [-0.25, -0.2) is 0 Å². The second kappa shape index (κ2) is 11.3. The minimum Gasteiger partial charge on any atom is -0.465 e. The molecule has 7 atom stereocenters. The molecule has 3 saturated heterocycles. The van der Waals surface area contributed by atoms with Crippen molar-refractivity contribution in [3.63, 3.8) is 0 Å². The fraction of sp³-hybridized carbons (Fsp3) is 0.731. The normalized spacial score (nSPS) is 32.4. The van der Waals surface area contributed by atoms with Gasteiger partial charge >= 0.3 is 5.97 Å². The Morgan fingerprint density at radius 3 is 2.71 bits per heavy atom. The molecule has 0 aromatic rings. The number of unbranched alkanes of at least 4 members (excludes halogenated alkanes) is 2. The fourth-order valence-corrected chi connectivity index (χ4v) is 8.43. The third-order valence-electron chi connectivity index (χ3n) is 7.67. The monoisotopic (exact) mass is 492 g/mol. The average molecular weight is 493 g/mol. The van der Waals surface area contributed by atoms with Gasteiger partial charge in [-0.1, -0.05) is 32.4 Å². The molecular weight excluding hydrogens is 452 g/mol. The highest BCUT2D eigenvalue weighted by atomic mass is 32.2. The summed E-state index contributed by atoms with van der Waals surface area (Å²) >= 11 is 1.63. The third-order valence-corrected chi connectivity index (χ3v) is 9.74. The van der Waals surface area contributed by atoms with Gasteiger partial charge in [-0.2, -0.15) is 0 Å². The van der Waals surface area contributed by atoms with Gasteiger partial charge in [0.2, 0.25) is 11.8 Å². The number of esters is 1. The van der Waals surface area contributed by atoms with Gasteiger partial charge in [0.15, 0.2) is 0 Å². The highest BCUT2D eigenvalue weighted by Crippen LogP contribution is 2.69. The zero-order valence-corrected chi connectivity index (χ0v) is 21.6. The van der Waals surface area contributed by atoms with Crippen LogP contribution >= 0.6 is 11.8 Å². The van der Waals surface area contributed by atoms with Crippen molar-refractivity contribution in [3.05, 3.63) is 25.3 Å². The van der Waals surface area contributed by atoms with Gasteiger partial charge in [0.05, 0.1) is 35.8 Å². The lowest BCUT2D eigenvalue weighted by molar-refractivity contribution is -0.155. The number of amides is 2. The van der Waals surface area contributed by atoms with Crippen molar-refractivity contribution in [1.82, 2.24) is 9.80 Å². The number of hydrogen-bond donors (Lipinski definition) is 1. The summed E-state index contributed by atoms with van der Waals surface area (Å²) < 4.78 is 4.90. The lowest BCUT2D eigenvalue weighted by atomic mass is 9.66. The van der Waals surface area contributed by atoms with Crippen LogP contribution in [0, 0.1) is 17.8 Å². The molecule has 2 amide bonds. The molecule has 34 heavy (non-hydrogen) atoms. The quantitative estimate of drug-likeness (QED) is 0.242. The molecule has 1 spiro atoms. The molecule has 3 unspecified atom stereocenters. The van der Waals surface area contributed by atoms with Crippen LogP contribution in [-0.4, -0.2) is 81.1 Å². The van der Waals surface area contributed by atoms with E-state index in [9.17, 15) is 19.5 Å². The lowest BCUT2D eigenvalue weighted by Crippen LogP contribution is -2.59. The third kappa shape index (κ3) is 4.43. The SMILES string of the molecule is C=CCCCOC(=O)[C@@H]1[C@@H]2CC(C)C3(S2)C(C(=O)N(CC=C)CCCC)N([C@H](C)CO)C(=O)[C@H]13. The molecule has 0 aliphatic carbocycles. The van der Waals surface area contributed by atoms with Gasteiger partial charge in [-0.05, 0) is 38.5 Å². The number of aliphatic hydroxyl groups is 1. The number of carbonyl (C=O) groups excluding carboxylic acids is 3. The number of hydrogen-bond acceptors (Lipinski definition) is 6. The number of fused-ring (bicyclic) bond motifs is 1. The number of aliphatic hydroxyl groups excluding tert-OH is 1. The van der Waals surface area contributed by atoms with E-state index in [2.05, 4.69) is 27.0 Å². The van der Waals surface area contributed by atoms with Crippen molar-refractivity contribution >= 4 is 29.5 Å². The van der Waals surface area contributed by atoms with Crippen LogP contribution in [0.5, 0.6) is 0 Å². The summed E-state index contributed by atoms with van der Waals surface area (Å²) in [7, 11) is 0. The Morgan fingerprint density at radius 2 is 2.09 bits per heavy atom. The van der Waals surface area contributed by atoms with Gasteiger partial charge < -0.3 is 19.6 Å². The van der Waals surface area contributed by atoms with E-state index in [1.54, 1.807) is 40.6 Å². The van der Waals surface area contributed by atoms with E-state index >= 15 is 0 Å². The summed E-state index contributed by atoms with van der Waals surface area (Å²) in [5.41, 5.74) is 0. The Kier molecular flexibility index (Phi) is 8.90. The van der Waals surface area contributed by atoms with Crippen LogP contribution in [0.25, 0.3) is 0 Å². The molecule has 0 saturated carbocycles. The Hall–Kier alpha value is -1.80. The van der Waals surface area contributed by atoms with Crippen molar-refractivity contribution in [2.75, 3.05) is 26.3 Å². The van der Waals surface area contributed by atoms with Gasteiger partial charge in [0.1, 0.15) is 6.04 Å². The molecule has 3 heterocycles. The highest BCUT2D eigenvalue weighted by Gasteiger charge is 2.76. The minimum absolute atomic E-state index is 0.0405. The maximum atomic E-state index is 14.1. The van der Waals surface area contributed by atoms with Gasteiger partial charge in [-0.15, -0.1) is 24.9 Å². The largest absolute Gasteiger partial charge is 0.465 e. The molecule has 3 aliphatic heterocycles. The van der Waals surface area contributed by atoms with Crippen molar-refractivity contribution in [1.29, 1.82) is 0 Å². The second-order valence-corrected chi connectivity index (χ2v) is 11.4. The summed E-state index contributed by atoms with van der Waals surface area (Å²) in [6, 6.07) is -1.23. The smallest absolute Gasteiger partial charge is 0.310 e. The van der Waals surface area contributed by atoms with Crippen molar-refractivity contribution in [2.24, 2.45) is 17.8 Å². The number of thioether (sulfide) groups is 1. The van der Waals surface area contributed by atoms with Crippen LogP contribution < -0.4 is 0 Å². The first-order valence-corrected chi connectivity index (χ1v) is 13.5. The summed E-state index contributed by atoms with van der Waals surface area (Å²) in [6.07, 6.45) is 7.53. The number of allylic oxidation sites excluding steroid dienone is 1. The van der Waals surface area contributed by atoms with Crippen LogP contribution in [0.4, 0.5) is 0 Å². The van der Waals surface area contributed by atoms with Crippen LogP contribution in [0.3, 0.4) is 0 Å². The van der Waals surface area contributed by atoms with Crippen molar-refractivity contribution in [3.8, 4) is 0 Å². The van der Waals surface area contributed by atoms with Crippen molar-refractivity contribution in [2.45, 2.75) is 75.0 Å². The highest BCUT2D eigenvalue weighted by molar-refractivity contribution is 8.02. The first-order chi connectivity index (χ1) is 16.3. The van der Waals surface area contributed by atoms with E-state index in [1.165, 1.54) is 0 Å². The topological polar surface area (TPSA) is 87.2 Å². The van der Waals surface area contributed by atoms with Crippen LogP contribution in [0.1, 0.15) is 52.9 Å². The van der Waals surface area contributed by atoms with E-state index in [0.717, 1.165) is 25.7 Å². The molecule has 190 valence electrons. The molecule has 3 rings (SSSR count). The van der Waals surface area contributed by atoms with E-state index in [-0.39, 0.29) is 35.6 Å². The molecule has 7 nitrogen and oxygen atoms in total. The molecule has 3 aliphatic rings.